The predicted molar refractivity (Wildman–Crippen MR) is 93.9 cm³/mol. The van der Waals surface area contributed by atoms with Crippen LogP contribution < -0.4 is 5.32 Å². The second-order valence-electron chi connectivity index (χ2n) is 6.35. The summed E-state index contributed by atoms with van der Waals surface area (Å²) < 4.78 is 34.6. The standard InChI is InChI=1S/C18H17ClFNO3S/c19-15-6-2-13(3-7-15)12-18(10-1-11-18)21-17(22)14-4-8-16(9-5-14)25(20,23)24/h2-9H,1,10-12H2,(H,21,22). The van der Waals surface area contributed by atoms with Crippen LogP contribution in [0.25, 0.3) is 0 Å². The summed E-state index contributed by atoms with van der Waals surface area (Å²) in [5.74, 6) is -0.295. The Bertz CT molecular complexity index is 876. The maximum absolute atomic E-state index is 12.9. The van der Waals surface area contributed by atoms with Gasteiger partial charge in [-0.2, -0.15) is 8.42 Å². The molecule has 132 valence electrons. The van der Waals surface area contributed by atoms with Gasteiger partial charge in [0.15, 0.2) is 0 Å². The molecule has 1 amide bonds. The zero-order chi connectivity index (χ0) is 18.1. The highest BCUT2D eigenvalue weighted by Crippen LogP contribution is 2.35. The van der Waals surface area contributed by atoms with Crippen LogP contribution in [0.3, 0.4) is 0 Å². The molecule has 1 fully saturated rings. The van der Waals surface area contributed by atoms with Crippen molar-refractivity contribution >= 4 is 27.7 Å². The molecule has 0 unspecified atom stereocenters. The number of amides is 1. The van der Waals surface area contributed by atoms with Gasteiger partial charge >= 0.3 is 10.2 Å². The van der Waals surface area contributed by atoms with Crippen LogP contribution in [0.4, 0.5) is 3.89 Å². The Morgan fingerprint density at radius 3 is 2.16 bits per heavy atom. The Balaban J connectivity index is 1.72. The molecule has 0 saturated heterocycles. The molecule has 4 nitrogen and oxygen atoms in total. The lowest BCUT2D eigenvalue weighted by atomic mass is 9.72. The largest absolute Gasteiger partial charge is 0.346 e. The number of benzene rings is 2. The molecule has 1 aliphatic rings. The first-order valence-corrected chi connectivity index (χ1v) is 9.65. The summed E-state index contributed by atoms with van der Waals surface area (Å²) in [7, 11) is -4.76. The normalized spacial score (nSPS) is 16.1. The monoisotopic (exact) mass is 381 g/mol. The van der Waals surface area contributed by atoms with Crippen molar-refractivity contribution in [1.29, 1.82) is 0 Å². The van der Waals surface area contributed by atoms with Gasteiger partial charge in [0, 0.05) is 16.1 Å². The van der Waals surface area contributed by atoms with Gasteiger partial charge in [0.2, 0.25) is 0 Å². The predicted octanol–water partition coefficient (Wildman–Crippen LogP) is 3.89. The highest BCUT2D eigenvalue weighted by Gasteiger charge is 2.38. The van der Waals surface area contributed by atoms with Gasteiger partial charge in [-0.3, -0.25) is 4.79 Å². The summed E-state index contributed by atoms with van der Waals surface area (Å²) in [6.45, 7) is 0. The van der Waals surface area contributed by atoms with E-state index in [1.807, 2.05) is 24.3 Å². The van der Waals surface area contributed by atoms with Gasteiger partial charge < -0.3 is 5.32 Å². The van der Waals surface area contributed by atoms with Crippen molar-refractivity contribution in [3.8, 4) is 0 Å². The molecular weight excluding hydrogens is 365 g/mol. The molecule has 3 rings (SSSR count). The second-order valence-corrected chi connectivity index (χ2v) is 8.14. The van der Waals surface area contributed by atoms with E-state index in [2.05, 4.69) is 5.32 Å². The summed E-state index contributed by atoms with van der Waals surface area (Å²) in [6, 6.07) is 12.3. The van der Waals surface area contributed by atoms with Crippen molar-refractivity contribution in [2.75, 3.05) is 0 Å². The average molecular weight is 382 g/mol. The molecule has 0 spiro atoms. The van der Waals surface area contributed by atoms with E-state index in [4.69, 9.17) is 11.6 Å². The van der Waals surface area contributed by atoms with E-state index in [0.717, 1.165) is 37.0 Å². The maximum Gasteiger partial charge on any atom is 0.332 e. The van der Waals surface area contributed by atoms with E-state index >= 15 is 0 Å². The van der Waals surface area contributed by atoms with Crippen LogP contribution in [-0.4, -0.2) is 19.9 Å². The number of halogens is 2. The Kier molecular flexibility index (Phi) is 4.84. The van der Waals surface area contributed by atoms with E-state index in [-0.39, 0.29) is 11.4 Å². The highest BCUT2D eigenvalue weighted by atomic mass is 35.5. The minimum absolute atomic E-state index is 0.295. The molecule has 0 aliphatic heterocycles. The topological polar surface area (TPSA) is 63.2 Å². The highest BCUT2D eigenvalue weighted by molar-refractivity contribution is 7.86. The maximum atomic E-state index is 12.9. The van der Waals surface area contributed by atoms with Crippen molar-refractivity contribution < 1.29 is 17.1 Å². The van der Waals surface area contributed by atoms with Crippen molar-refractivity contribution in [2.24, 2.45) is 0 Å². The minimum atomic E-state index is -4.76. The lowest BCUT2D eigenvalue weighted by Crippen LogP contribution is -2.55. The van der Waals surface area contributed by atoms with Crippen LogP contribution in [0.1, 0.15) is 35.2 Å². The number of nitrogens with one attached hydrogen (secondary N) is 1. The summed E-state index contributed by atoms with van der Waals surface area (Å²) in [6.07, 6.45) is 3.48. The Hall–Kier alpha value is -1.92. The van der Waals surface area contributed by atoms with Crippen LogP contribution >= 0.6 is 11.6 Å². The lowest BCUT2D eigenvalue weighted by Gasteiger charge is -2.43. The van der Waals surface area contributed by atoms with Crippen LogP contribution in [-0.2, 0) is 16.6 Å². The summed E-state index contributed by atoms with van der Waals surface area (Å²) in [5.41, 5.74) is 1.08. The fourth-order valence-electron chi connectivity index (χ4n) is 3.02. The molecule has 0 radical (unpaired) electrons. The van der Waals surface area contributed by atoms with Gasteiger partial charge in [0.05, 0.1) is 4.90 Å². The van der Waals surface area contributed by atoms with Gasteiger partial charge in [0.1, 0.15) is 0 Å². The van der Waals surface area contributed by atoms with Gasteiger partial charge in [-0.1, -0.05) is 23.7 Å². The summed E-state index contributed by atoms with van der Waals surface area (Å²) in [5, 5.41) is 3.72. The average Bonchev–Trinajstić information content (AvgIpc) is 2.54. The Morgan fingerprint density at radius 1 is 1.08 bits per heavy atom. The van der Waals surface area contributed by atoms with Crippen molar-refractivity contribution in [3.63, 3.8) is 0 Å². The molecule has 1 saturated carbocycles. The van der Waals surface area contributed by atoms with Crippen molar-refractivity contribution in [3.05, 3.63) is 64.7 Å². The third-order valence-electron chi connectivity index (χ3n) is 4.54. The van der Waals surface area contributed by atoms with Gasteiger partial charge in [-0.05, 0) is 67.6 Å². The molecule has 0 bridgehead atoms. The van der Waals surface area contributed by atoms with Crippen LogP contribution in [0.5, 0.6) is 0 Å². The molecule has 7 heteroatoms. The fraction of sp³-hybridized carbons (Fsp3) is 0.278. The fourth-order valence-corrected chi connectivity index (χ4v) is 3.61. The number of hydrogen-bond acceptors (Lipinski definition) is 3. The first-order chi connectivity index (χ1) is 11.8. The molecular formula is C18H17ClFNO3S. The first kappa shape index (κ1) is 17.9. The zero-order valence-electron chi connectivity index (χ0n) is 13.3. The van der Waals surface area contributed by atoms with E-state index < -0.39 is 15.1 Å². The number of rotatable bonds is 5. The third-order valence-corrected chi connectivity index (χ3v) is 5.63. The molecule has 1 N–H and O–H groups in total. The minimum Gasteiger partial charge on any atom is -0.346 e. The molecule has 0 aromatic heterocycles. The van der Waals surface area contributed by atoms with Gasteiger partial charge in [-0.25, -0.2) is 0 Å². The van der Waals surface area contributed by atoms with Crippen molar-refractivity contribution in [1.82, 2.24) is 5.32 Å². The summed E-state index contributed by atoms with van der Waals surface area (Å²) >= 11 is 5.90. The summed E-state index contributed by atoms with van der Waals surface area (Å²) in [4.78, 5) is 12.0. The number of carbonyl (C=O) groups excluding carboxylic acids is 1. The van der Waals surface area contributed by atoms with E-state index in [9.17, 15) is 17.1 Å². The van der Waals surface area contributed by atoms with Crippen LogP contribution in [0.15, 0.2) is 53.4 Å². The molecule has 2 aromatic rings. The van der Waals surface area contributed by atoms with Crippen LogP contribution in [0.2, 0.25) is 5.02 Å². The third kappa shape index (κ3) is 4.19. The van der Waals surface area contributed by atoms with Gasteiger partial charge in [-0.15, -0.1) is 3.89 Å². The quantitative estimate of drug-likeness (QED) is 0.799. The SMILES string of the molecule is O=C(NC1(Cc2ccc(Cl)cc2)CCC1)c1ccc(S(=O)(=O)F)cc1. The molecule has 25 heavy (non-hydrogen) atoms. The van der Waals surface area contributed by atoms with Gasteiger partial charge in [0.25, 0.3) is 5.91 Å². The first-order valence-electron chi connectivity index (χ1n) is 7.89. The molecule has 2 aromatic carbocycles. The number of hydrogen-bond donors (Lipinski definition) is 1. The van der Waals surface area contributed by atoms with Crippen molar-refractivity contribution in [2.45, 2.75) is 36.1 Å². The lowest BCUT2D eigenvalue weighted by molar-refractivity contribution is 0.0826. The number of carbonyl (C=O) groups is 1. The smallest absolute Gasteiger partial charge is 0.332 e. The Morgan fingerprint density at radius 2 is 1.68 bits per heavy atom. The Labute approximate surface area is 151 Å². The molecule has 0 heterocycles. The zero-order valence-corrected chi connectivity index (χ0v) is 14.9. The van der Waals surface area contributed by atoms with E-state index in [1.165, 1.54) is 12.1 Å². The molecule has 0 atom stereocenters. The van der Waals surface area contributed by atoms with E-state index in [0.29, 0.717) is 17.0 Å². The van der Waals surface area contributed by atoms with E-state index in [1.54, 1.807) is 0 Å². The van der Waals surface area contributed by atoms with Crippen LogP contribution in [0, 0.1) is 0 Å². The second kappa shape index (κ2) is 6.77. The molecule has 1 aliphatic carbocycles.